The molecule has 1 aliphatic heterocycles. The van der Waals surface area contributed by atoms with Gasteiger partial charge in [0.1, 0.15) is 11.1 Å². The molecule has 1 amide bonds. The van der Waals surface area contributed by atoms with Gasteiger partial charge in [0.05, 0.1) is 13.2 Å². The predicted molar refractivity (Wildman–Crippen MR) is 100 cm³/mol. The molecule has 0 radical (unpaired) electrons. The first-order valence-corrected chi connectivity index (χ1v) is 10.2. The molecule has 26 heavy (non-hydrogen) atoms. The highest BCUT2D eigenvalue weighted by Crippen LogP contribution is 2.42. The molecule has 0 N–H and O–H groups in total. The number of carbonyl (C=O) groups is 1. The van der Waals surface area contributed by atoms with E-state index in [1.807, 2.05) is 35.2 Å². The van der Waals surface area contributed by atoms with Gasteiger partial charge in [-0.2, -0.15) is 0 Å². The summed E-state index contributed by atoms with van der Waals surface area (Å²) in [7, 11) is 0. The number of hydrogen-bond donors (Lipinski definition) is 0. The van der Waals surface area contributed by atoms with Crippen LogP contribution in [0.15, 0.2) is 35.5 Å². The third kappa shape index (κ3) is 3.64. The Kier molecular flexibility index (Phi) is 5.26. The molecule has 2 heterocycles. The summed E-state index contributed by atoms with van der Waals surface area (Å²) >= 11 is 1.52. The molecule has 0 bridgehead atoms. The van der Waals surface area contributed by atoms with E-state index in [-0.39, 0.29) is 11.2 Å². The average molecular weight is 372 g/mol. The molecular formula is C19H24N4O2S. The largest absolute Gasteiger partial charge is 0.378 e. The SMILES string of the molecule is CCn1c(S[C@@H](C(=O)N2CCOCC2)c2ccccc2)nnc1C1CC1. The Morgan fingerprint density at radius 3 is 2.62 bits per heavy atom. The van der Waals surface area contributed by atoms with Gasteiger partial charge in [-0.1, -0.05) is 42.1 Å². The zero-order chi connectivity index (χ0) is 17.9. The molecule has 0 spiro atoms. The minimum absolute atomic E-state index is 0.128. The number of nitrogens with zero attached hydrogens (tertiary/aromatic N) is 4. The van der Waals surface area contributed by atoms with Crippen LogP contribution in [0.5, 0.6) is 0 Å². The van der Waals surface area contributed by atoms with Crippen LogP contribution in [0.2, 0.25) is 0 Å². The summed E-state index contributed by atoms with van der Waals surface area (Å²) in [6, 6.07) is 9.98. The van der Waals surface area contributed by atoms with E-state index in [2.05, 4.69) is 21.7 Å². The third-order valence-corrected chi connectivity index (χ3v) is 6.10. The maximum Gasteiger partial charge on any atom is 0.240 e. The lowest BCUT2D eigenvalue weighted by Crippen LogP contribution is -2.42. The first kappa shape index (κ1) is 17.5. The number of hydrogen-bond acceptors (Lipinski definition) is 5. The lowest BCUT2D eigenvalue weighted by molar-refractivity contribution is -0.134. The first-order valence-electron chi connectivity index (χ1n) is 9.29. The summed E-state index contributed by atoms with van der Waals surface area (Å²) in [6.07, 6.45) is 2.38. The first-order chi connectivity index (χ1) is 12.8. The van der Waals surface area contributed by atoms with E-state index in [4.69, 9.17) is 4.74 Å². The van der Waals surface area contributed by atoms with Crippen molar-refractivity contribution in [3.63, 3.8) is 0 Å². The Bertz CT molecular complexity index is 754. The highest BCUT2D eigenvalue weighted by molar-refractivity contribution is 8.00. The number of amides is 1. The van der Waals surface area contributed by atoms with Crippen molar-refractivity contribution in [2.75, 3.05) is 26.3 Å². The van der Waals surface area contributed by atoms with Crippen molar-refractivity contribution in [2.45, 2.75) is 42.6 Å². The number of thioether (sulfide) groups is 1. The van der Waals surface area contributed by atoms with Crippen LogP contribution in [0, 0.1) is 0 Å². The molecule has 6 nitrogen and oxygen atoms in total. The summed E-state index contributed by atoms with van der Waals surface area (Å²) in [4.78, 5) is 15.2. The molecule has 138 valence electrons. The second kappa shape index (κ2) is 7.80. The Morgan fingerprint density at radius 1 is 1.23 bits per heavy atom. The molecule has 1 aliphatic carbocycles. The highest BCUT2D eigenvalue weighted by Gasteiger charge is 2.33. The van der Waals surface area contributed by atoms with Crippen molar-refractivity contribution in [3.05, 3.63) is 41.7 Å². The molecule has 1 saturated carbocycles. The molecule has 1 aromatic carbocycles. The lowest BCUT2D eigenvalue weighted by Gasteiger charge is -2.30. The van der Waals surface area contributed by atoms with Crippen molar-refractivity contribution in [1.29, 1.82) is 0 Å². The van der Waals surface area contributed by atoms with Crippen molar-refractivity contribution >= 4 is 17.7 Å². The Labute approximate surface area is 157 Å². The standard InChI is InChI=1S/C19H24N4O2S/c1-2-23-17(15-8-9-15)20-21-19(23)26-16(14-6-4-3-5-7-14)18(24)22-10-12-25-13-11-22/h3-7,15-16H,2,8-13H2,1H3/t16-/m1/s1. The summed E-state index contributed by atoms with van der Waals surface area (Å²) in [5, 5.41) is 9.36. The van der Waals surface area contributed by atoms with Crippen LogP contribution in [-0.4, -0.2) is 51.9 Å². The minimum Gasteiger partial charge on any atom is -0.378 e. The average Bonchev–Trinajstić information content (AvgIpc) is 3.47. The summed E-state index contributed by atoms with van der Waals surface area (Å²) in [6.45, 7) is 5.45. The number of aromatic nitrogens is 3. The maximum absolute atomic E-state index is 13.2. The van der Waals surface area contributed by atoms with Crippen LogP contribution < -0.4 is 0 Å². The van der Waals surface area contributed by atoms with Crippen molar-refractivity contribution in [2.24, 2.45) is 0 Å². The van der Waals surface area contributed by atoms with Gasteiger partial charge in [-0.3, -0.25) is 4.79 Å². The lowest BCUT2D eigenvalue weighted by atomic mass is 10.1. The molecule has 2 aromatic rings. The predicted octanol–water partition coefficient (Wildman–Crippen LogP) is 2.87. The monoisotopic (exact) mass is 372 g/mol. The van der Waals surface area contributed by atoms with Gasteiger partial charge in [0.2, 0.25) is 5.91 Å². The van der Waals surface area contributed by atoms with Crippen LogP contribution in [0.1, 0.15) is 42.3 Å². The van der Waals surface area contributed by atoms with Crippen LogP contribution in [0.25, 0.3) is 0 Å². The van der Waals surface area contributed by atoms with E-state index in [1.54, 1.807) is 0 Å². The third-order valence-electron chi connectivity index (χ3n) is 4.88. The fraction of sp³-hybridized carbons (Fsp3) is 0.526. The molecule has 0 unspecified atom stereocenters. The van der Waals surface area contributed by atoms with Crippen LogP contribution in [0.3, 0.4) is 0 Å². The smallest absolute Gasteiger partial charge is 0.240 e. The summed E-state index contributed by atoms with van der Waals surface area (Å²) < 4.78 is 7.57. The number of carbonyl (C=O) groups excluding carboxylic acids is 1. The second-order valence-corrected chi connectivity index (χ2v) is 7.78. The van der Waals surface area contributed by atoms with Crippen LogP contribution >= 0.6 is 11.8 Å². The molecular weight excluding hydrogens is 348 g/mol. The number of morpholine rings is 1. The Hall–Kier alpha value is -1.86. The summed E-state index contributed by atoms with van der Waals surface area (Å²) in [5.41, 5.74) is 1.01. The fourth-order valence-electron chi connectivity index (χ4n) is 3.27. The summed E-state index contributed by atoms with van der Waals surface area (Å²) in [5.74, 6) is 1.74. The van der Waals surface area contributed by atoms with E-state index >= 15 is 0 Å². The van der Waals surface area contributed by atoms with E-state index in [1.165, 1.54) is 24.6 Å². The van der Waals surface area contributed by atoms with Crippen LogP contribution in [0.4, 0.5) is 0 Å². The van der Waals surface area contributed by atoms with Gasteiger partial charge in [-0.15, -0.1) is 10.2 Å². The van der Waals surface area contributed by atoms with Gasteiger partial charge in [-0.05, 0) is 25.3 Å². The highest BCUT2D eigenvalue weighted by atomic mass is 32.2. The van der Waals surface area contributed by atoms with Crippen LogP contribution in [-0.2, 0) is 16.1 Å². The van der Waals surface area contributed by atoms with Gasteiger partial charge >= 0.3 is 0 Å². The normalized spacial score (nSPS) is 18.7. The molecule has 1 atom stereocenters. The minimum atomic E-state index is -0.309. The maximum atomic E-state index is 13.2. The molecule has 7 heteroatoms. The van der Waals surface area contributed by atoms with Crippen molar-refractivity contribution < 1.29 is 9.53 Å². The second-order valence-electron chi connectivity index (χ2n) is 6.71. The molecule has 2 aliphatic rings. The van der Waals surface area contributed by atoms with Gasteiger partial charge in [-0.25, -0.2) is 0 Å². The molecule has 1 aromatic heterocycles. The van der Waals surface area contributed by atoms with Crippen molar-refractivity contribution in [3.8, 4) is 0 Å². The van der Waals surface area contributed by atoms with E-state index in [9.17, 15) is 4.79 Å². The molecule has 4 rings (SSSR count). The number of benzene rings is 1. The quantitative estimate of drug-likeness (QED) is 0.730. The topological polar surface area (TPSA) is 60.2 Å². The Morgan fingerprint density at radius 2 is 1.96 bits per heavy atom. The van der Waals surface area contributed by atoms with E-state index in [0.717, 1.165) is 23.1 Å². The van der Waals surface area contributed by atoms with Crippen molar-refractivity contribution in [1.82, 2.24) is 19.7 Å². The Balaban J connectivity index is 1.62. The van der Waals surface area contributed by atoms with Gasteiger partial charge in [0.25, 0.3) is 0 Å². The van der Waals surface area contributed by atoms with E-state index < -0.39 is 0 Å². The fourth-order valence-corrected chi connectivity index (χ4v) is 4.46. The zero-order valence-electron chi connectivity index (χ0n) is 15.0. The zero-order valence-corrected chi connectivity index (χ0v) is 15.8. The number of ether oxygens (including phenoxy) is 1. The molecule has 1 saturated heterocycles. The van der Waals surface area contributed by atoms with Gasteiger partial charge in [0, 0.05) is 25.6 Å². The molecule has 2 fully saturated rings. The van der Waals surface area contributed by atoms with E-state index in [0.29, 0.717) is 32.2 Å². The van der Waals surface area contributed by atoms with Gasteiger partial charge in [0.15, 0.2) is 5.16 Å². The number of rotatable bonds is 6. The van der Waals surface area contributed by atoms with Gasteiger partial charge < -0.3 is 14.2 Å².